The summed E-state index contributed by atoms with van der Waals surface area (Å²) in [4.78, 5) is 2.15. The van der Waals surface area contributed by atoms with Crippen molar-refractivity contribution in [1.29, 1.82) is 0 Å². The zero-order valence-corrected chi connectivity index (χ0v) is 12.1. The molecule has 0 bridgehead atoms. The number of nitrogen functional groups attached to an aromatic ring is 1. The van der Waals surface area contributed by atoms with E-state index in [1.54, 1.807) is 13.2 Å². The quantitative estimate of drug-likeness (QED) is 0.835. The molecule has 106 valence electrons. The van der Waals surface area contributed by atoms with E-state index in [2.05, 4.69) is 4.90 Å². The van der Waals surface area contributed by atoms with Crippen molar-refractivity contribution in [2.75, 3.05) is 30.9 Å². The molecule has 19 heavy (non-hydrogen) atoms. The van der Waals surface area contributed by atoms with Gasteiger partial charge < -0.3 is 10.5 Å². The van der Waals surface area contributed by atoms with Crippen LogP contribution >= 0.6 is 0 Å². The summed E-state index contributed by atoms with van der Waals surface area (Å²) in [6.45, 7) is 3.18. The van der Waals surface area contributed by atoms with Crippen LogP contribution in [0.5, 0.6) is 5.75 Å². The second kappa shape index (κ2) is 5.38. The summed E-state index contributed by atoms with van der Waals surface area (Å²) >= 11 is 0. The van der Waals surface area contributed by atoms with E-state index in [4.69, 9.17) is 10.5 Å². The van der Waals surface area contributed by atoms with E-state index in [0.717, 1.165) is 11.3 Å². The Labute approximate surface area is 114 Å². The summed E-state index contributed by atoms with van der Waals surface area (Å²) in [5.74, 6) is 1.19. The number of nitrogens with zero attached hydrogens (tertiary/aromatic N) is 1. The number of rotatable bonds is 3. The van der Waals surface area contributed by atoms with Crippen molar-refractivity contribution >= 4 is 15.5 Å². The van der Waals surface area contributed by atoms with E-state index in [-0.39, 0.29) is 17.5 Å². The third kappa shape index (κ3) is 3.39. The summed E-state index contributed by atoms with van der Waals surface area (Å²) in [6, 6.07) is 5.63. The van der Waals surface area contributed by atoms with Gasteiger partial charge >= 0.3 is 0 Å². The number of sulfone groups is 1. The molecular formula is C13H20N2O3S. The SMILES string of the molecule is COc1ccc(CN2CCS(=O)(=O)CC2C)c(N)c1. The molecule has 0 saturated carbocycles. The number of hydrogen-bond donors (Lipinski definition) is 1. The normalized spacial score (nSPS) is 23.2. The highest BCUT2D eigenvalue weighted by Gasteiger charge is 2.28. The van der Waals surface area contributed by atoms with Crippen LogP contribution in [0.15, 0.2) is 18.2 Å². The maximum atomic E-state index is 11.5. The van der Waals surface area contributed by atoms with Gasteiger partial charge in [-0.1, -0.05) is 6.07 Å². The topological polar surface area (TPSA) is 72.6 Å². The summed E-state index contributed by atoms with van der Waals surface area (Å²) < 4.78 is 28.2. The highest BCUT2D eigenvalue weighted by Crippen LogP contribution is 2.23. The summed E-state index contributed by atoms with van der Waals surface area (Å²) in [5.41, 5.74) is 7.67. The molecule has 1 saturated heterocycles. The van der Waals surface area contributed by atoms with Crippen molar-refractivity contribution in [3.63, 3.8) is 0 Å². The average Bonchev–Trinajstić information content (AvgIpc) is 2.34. The summed E-state index contributed by atoms with van der Waals surface area (Å²) in [5, 5.41) is 0. The first kappa shape index (κ1) is 14.1. The van der Waals surface area contributed by atoms with Crippen LogP contribution in [0, 0.1) is 0 Å². The Morgan fingerprint density at radius 3 is 2.79 bits per heavy atom. The molecule has 0 aromatic heterocycles. The van der Waals surface area contributed by atoms with Crippen LogP contribution in [-0.4, -0.2) is 44.5 Å². The molecule has 1 fully saturated rings. The third-order valence-electron chi connectivity index (χ3n) is 3.53. The molecule has 0 spiro atoms. The highest BCUT2D eigenvalue weighted by atomic mass is 32.2. The van der Waals surface area contributed by atoms with Crippen LogP contribution in [0.1, 0.15) is 12.5 Å². The van der Waals surface area contributed by atoms with Gasteiger partial charge in [-0.3, -0.25) is 4.90 Å². The van der Waals surface area contributed by atoms with Crippen molar-refractivity contribution in [1.82, 2.24) is 4.90 Å². The fourth-order valence-corrected chi connectivity index (χ4v) is 3.96. The van der Waals surface area contributed by atoms with Crippen molar-refractivity contribution in [3.05, 3.63) is 23.8 Å². The molecule has 2 rings (SSSR count). The van der Waals surface area contributed by atoms with E-state index in [1.165, 1.54) is 0 Å². The van der Waals surface area contributed by atoms with Crippen LogP contribution in [0.4, 0.5) is 5.69 Å². The fourth-order valence-electron chi connectivity index (χ4n) is 2.33. The number of hydrogen-bond acceptors (Lipinski definition) is 5. The molecule has 5 nitrogen and oxygen atoms in total. The van der Waals surface area contributed by atoms with Crippen molar-refractivity contribution in [3.8, 4) is 5.75 Å². The van der Waals surface area contributed by atoms with Gasteiger partial charge in [-0.15, -0.1) is 0 Å². The summed E-state index contributed by atoms with van der Waals surface area (Å²) in [6.07, 6.45) is 0. The molecule has 1 aromatic carbocycles. The van der Waals surface area contributed by atoms with E-state index in [0.29, 0.717) is 18.8 Å². The zero-order valence-electron chi connectivity index (χ0n) is 11.3. The molecule has 0 aliphatic carbocycles. The molecule has 6 heteroatoms. The number of nitrogens with two attached hydrogens (primary N) is 1. The molecule has 2 N–H and O–H groups in total. The van der Waals surface area contributed by atoms with E-state index in [1.807, 2.05) is 19.1 Å². The lowest BCUT2D eigenvalue weighted by atomic mass is 10.1. The Morgan fingerprint density at radius 1 is 1.47 bits per heavy atom. The first-order chi connectivity index (χ1) is 8.91. The maximum Gasteiger partial charge on any atom is 0.153 e. The number of ether oxygens (including phenoxy) is 1. The van der Waals surface area contributed by atoms with Crippen molar-refractivity contribution in [2.24, 2.45) is 0 Å². The Kier molecular flexibility index (Phi) is 4.01. The highest BCUT2D eigenvalue weighted by molar-refractivity contribution is 7.91. The van der Waals surface area contributed by atoms with Gasteiger partial charge in [0.05, 0.1) is 18.6 Å². The fraction of sp³-hybridized carbons (Fsp3) is 0.538. The first-order valence-electron chi connectivity index (χ1n) is 6.28. The maximum absolute atomic E-state index is 11.5. The second-order valence-corrected chi connectivity index (χ2v) is 7.23. The minimum absolute atomic E-state index is 0.0280. The minimum Gasteiger partial charge on any atom is -0.497 e. The first-order valence-corrected chi connectivity index (χ1v) is 8.10. The Morgan fingerprint density at radius 2 is 2.21 bits per heavy atom. The van der Waals surface area contributed by atoms with Crippen LogP contribution < -0.4 is 10.5 Å². The lowest BCUT2D eigenvalue weighted by Gasteiger charge is -2.33. The zero-order chi connectivity index (χ0) is 14.0. The minimum atomic E-state index is -2.87. The van der Waals surface area contributed by atoms with Crippen LogP contribution in [0.25, 0.3) is 0 Å². The predicted octanol–water partition coefficient (Wildman–Crippen LogP) is 0.896. The molecule has 1 aromatic rings. The molecular weight excluding hydrogens is 264 g/mol. The predicted molar refractivity (Wildman–Crippen MR) is 75.9 cm³/mol. The smallest absolute Gasteiger partial charge is 0.153 e. The molecule has 1 heterocycles. The van der Waals surface area contributed by atoms with E-state index in [9.17, 15) is 8.42 Å². The average molecular weight is 284 g/mol. The number of anilines is 1. The third-order valence-corrected chi connectivity index (χ3v) is 5.33. The lowest BCUT2D eigenvalue weighted by molar-refractivity contribution is 0.218. The molecule has 0 radical (unpaired) electrons. The van der Waals surface area contributed by atoms with Crippen molar-refractivity contribution in [2.45, 2.75) is 19.5 Å². The van der Waals surface area contributed by atoms with Gasteiger partial charge in [-0.2, -0.15) is 0 Å². The van der Waals surface area contributed by atoms with Gasteiger partial charge in [0.1, 0.15) is 5.75 Å². The molecule has 1 aliphatic rings. The van der Waals surface area contributed by atoms with Gasteiger partial charge in [-0.25, -0.2) is 8.42 Å². The van der Waals surface area contributed by atoms with Gasteiger partial charge in [0.25, 0.3) is 0 Å². The molecule has 1 unspecified atom stereocenters. The van der Waals surface area contributed by atoms with E-state index < -0.39 is 9.84 Å². The number of benzene rings is 1. The van der Waals surface area contributed by atoms with Crippen molar-refractivity contribution < 1.29 is 13.2 Å². The van der Waals surface area contributed by atoms with E-state index >= 15 is 0 Å². The monoisotopic (exact) mass is 284 g/mol. The lowest BCUT2D eigenvalue weighted by Crippen LogP contribution is -2.46. The Balaban J connectivity index is 2.09. The van der Waals surface area contributed by atoms with Crippen LogP contribution in [0.3, 0.4) is 0 Å². The standard InChI is InChI=1S/C13H20N2O3S/c1-10-9-19(16,17)6-5-15(10)8-11-3-4-12(18-2)7-13(11)14/h3-4,7,10H,5-6,8-9,14H2,1-2H3. The number of methoxy groups -OCH3 is 1. The molecule has 1 aliphatic heterocycles. The summed E-state index contributed by atoms with van der Waals surface area (Å²) in [7, 11) is -1.27. The van der Waals surface area contributed by atoms with Gasteiger partial charge in [0.2, 0.25) is 0 Å². The van der Waals surface area contributed by atoms with Gasteiger partial charge in [-0.05, 0) is 18.6 Å². The molecule has 1 atom stereocenters. The second-order valence-electron chi connectivity index (χ2n) is 5.00. The van der Waals surface area contributed by atoms with Crippen LogP contribution in [-0.2, 0) is 16.4 Å². The Hall–Kier alpha value is -1.27. The largest absolute Gasteiger partial charge is 0.497 e. The van der Waals surface area contributed by atoms with Gasteiger partial charge in [0, 0.05) is 30.9 Å². The van der Waals surface area contributed by atoms with Crippen LogP contribution in [0.2, 0.25) is 0 Å². The molecule has 0 amide bonds. The Bertz CT molecular complexity index is 557. The van der Waals surface area contributed by atoms with Gasteiger partial charge in [0.15, 0.2) is 9.84 Å².